The first-order valence-corrected chi connectivity index (χ1v) is 9.96. The molecule has 3 N–H and O–H groups in total. The van der Waals surface area contributed by atoms with E-state index in [1.807, 2.05) is 18.2 Å². The molecule has 0 unspecified atom stereocenters. The molecule has 6 rings (SSSR count). The van der Waals surface area contributed by atoms with Crippen molar-refractivity contribution in [3.05, 3.63) is 41.2 Å². The van der Waals surface area contributed by atoms with Crippen LogP contribution in [0.4, 0.5) is 0 Å². The average molecular weight is 349 g/mol. The second-order valence-corrected chi connectivity index (χ2v) is 9.19. The topological polar surface area (TPSA) is 71.8 Å². The number of imidazole rings is 1. The van der Waals surface area contributed by atoms with Gasteiger partial charge in [-0.1, -0.05) is 24.3 Å². The van der Waals surface area contributed by atoms with Crippen molar-refractivity contribution in [1.82, 2.24) is 9.97 Å². The molecule has 4 heteroatoms. The number of hydrogen-bond donors (Lipinski definition) is 2. The Balaban J connectivity index is 1.51. The summed E-state index contributed by atoms with van der Waals surface area (Å²) < 4.78 is 0. The molecule has 1 heterocycles. The van der Waals surface area contributed by atoms with Gasteiger partial charge in [0.15, 0.2) is 0 Å². The van der Waals surface area contributed by atoms with E-state index in [-0.39, 0.29) is 0 Å². The predicted molar refractivity (Wildman–Crippen MR) is 102 cm³/mol. The molecular weight excluding hydrogens is 322 g/mol. The van der Waals surface area contributed by atoms with Gasteiger partial charge < -0.3 is 10.7 Å². The summed E-state index contributed by atoms with van der Waals surface area (Å²) >= 11 is 0. The lowest BCUT2D eigenvalue weighted by Crippen LogP contribution is -2.47. The monoisotopic (exact) mass is 349 g/mol. The standard InChI is InChI=1S/C22H27N3O/c1-13-4-2-3-5-17(13)21-24-18(19(25-21)20(23)26)12-22-9-14-6-15(10-22)8-16(7-14)11-22/h2-5,14-16H,6-12H2,1H3,(H2,23,26)(H,24,25). The highest BCUT2D eigenvalue weighted by Gasteiger charge is 2.51. The Hall–Kier alpha value is -2.10. The number of benzene rings is 1. The van der Waals surface area contributed by atoms with Crippen molar-refractivity contribution in [3.63, 3.8) is 0 Å². The van der Waals surface area contributed by atoms with Gasteiger partial charge in [0, 0.05) is 11.3 Å². The number of nitrogens with two attached hydrogens (primary N) is 1. The molecule has 0 radical (unpaired) electrons. The van der Waals surface area contributed by atoms with Crippen LogP contribution in [0.15, 0.2) is 24.3 Å². The summed E-state index contributed by atoms with van der Waals surface area (Å²) in [6, 6.07) is 8.15. The first-order chi connectivity index (χ1) is 12.5. The molecule has 0 aliphatic heterocycles. The molecular formula is C22H27N3O. The average Bonchev–Trinajstić information content (AvgIpc) is 2.97. The van der Waals surface area contributed by atoms with E-state index in [0.717, 1.165) is 46.8 Å². The minimum Gasteiger partial charge on any atom is -0.364 e. The summed E-state index contributed by atoms with van der Waals surface area (Å²) in [4.78, 5) is 20.2. The fraction of sp³-hybridized carbons (Fsp3) is 0.545. The first kappa shape index (κ1) is 16.1. The van der Waals surface area contributed by atoms with Crippen molar-refractivity contribution in [2.75, 3.05) is 0 Å². The third-order valence-electron chi connectivity index (χ3n) is 7.13. The molecule has 4 fully saturated rings. The maximum atomic E-state index is 12.1. The number of H-pyrrole nitrogens is 1. The summed E-state index contributed by atoms with van der Waals surface area (Å²) in [5.41, 5.74) is 9.64. The van der Waals surface area contributed by atoms with Crippen molar-refractivity contribution in [2.45, 2.75) is 51.9 Å². The number of nitrogens with one attached hydrogen (secondary N) is 1. The van der Waals surface area contributed by atoms with E-state index in [0.29, 0.717) is 11.1 Å². The van der Waals surface area contributed by atoms with Crippen molar-refractivity contribution in [3.8, 4) is 11.4 Å². The Kier molecular flexibility index (Phi) is 3.53. The van der Waals surface area contributed by atoms with Crippen molar-refractivity contribution < 1.29 is 4.79 Å². The van der Waals surface area contributed by atoms with E-state index in [4.69, 9.17) is 5.73 Å². The van der Waals surface area contributed by atoms with Crippen LogP contribution in [-0.4, -0.2) is 15.9 Å². The fourth-order valence-electron chi connectivity index (χ4n) is 6.59. The smallest absolute Gasteiger partial charge is 0.269 e. The molecule has 1 amide bonds. The van der Waals surface area contributed by atoms with Gasteiger partial charge in [-0.25, -0.2) is 4.98 Å². The van der Waals surface area contributed by atoms with Gasteiger partial charge in [-0.05, 0) is 80.6 Å². The third-order valence-corrected chi connectivity index (χ3v) is 7.13. The SMILES string of the molecule is Cc1ccccc1-c1nc(C(N)=O)c(CC23CC4CC(CC(C4)C2)C3)[nH]1. The highest BCUT2D eigenvalue weighted by atomic mass is 16.1. The Labute approximate surface area is 154 Å². The lowest BCUT2D eigenvalue weighted by molar-refractivity contribution is -0.0526. The second-order valence-electron chi connectivity index (χ2n) is 9.19. The number of aromatic nitrogens is 2. The van der Waals surface area contributed by atoms with Crippen LogP contribution in [0.3, 0.4) is 0 Å². The van der Waals surface area contributed by atoms with E-state index < -0.39 is 5.91 Å². The highest BCUT2D eigenvalue weighted by molar-refractivity contribution is 5.92. The van der Waals surface area contributed by atoms with Crippen LogP contribution in [-0.2, 0) is 6.42 Å². The highest BCUT2D eigenvalue weighted by Crippen LogP contribution is 2.61. The Morgan fingerprint density at radius 2 is 1.77 bits per heavy atom. The molecule has 4 aliphatic rings. The second kappa shape index (κ2) is 5.70. The zero-order chi connectivity index (χ0) is 17.9. The lowest BCUT2D eigenvalue weighted by Gasteiger charge is -2.57. The van der Waals surface area contributed by atoms with E-state index >= 15 is 0 Å². The zero-order valence-electron chi connectivity index (χ0n) is 15.4. The molecule has 1 aromatic carbocycles. The van der Waals surface area contributed by atoms with Crippen molar-refractivity contribution in [1.29, 1.82) is 0 Å². The number of aryl methyl sites for hydroxylation is 1. The van der Waals surface area contributed by atoms with Gasteiger partial charge in [0.1, 0.15) is 11.5 Å². The Bertz CT molecular complexity index is 831. The molecule has 26 heavy (non-hydrogen) atoms. The van der Waals surface area contributed by atoms with Gasteiger partial charge >= 0.3 is 0 Å². The van der Waals surface area contributed by atoms with Gasteiger partial charge in [-0.3, -0.25) is 4.79 Å². The van der Waals surface area contributed by atoms with Crippen LogP contribution in [0.1, 0.15) is 60.3 Å². The molecule has 1 aromatic heterocycles. The van der Waals surface area contributed by atoms with Crippen LogP contribution < -0.4 is 5.73 Å². The van der Waals surface area contributed by atoms with E-state index in [1.165, 1.54) is 38.5 Å². The number of carbonyl (C=O) groups is 1. The molecule has 2 aromatic rings. The zero-order valence-corrected chi connectivity index (χ0v) is 15.4. The van der Waals surface area contributed by atoms with Crippen LogP contribution in [0.5, 0.6) is 0 Å². The van der Waals surface area contributed by atoms with Crippen LogP contribution in [0.25, 0.3) is 11.4 Å². The van der Waals surface area contributed by atoms with E-state index in [2.05, 4.69) is 23.0 Å². The summed E-state index contributed by atoms with van der Waals surface area (Å²) in [5, 5.41) is 0. The number of primary amides is 1. The van der Waals surface area contributed by atoms with E-state index in [9.17, 15) is 4.79 Å². The predicted octanol–water partition coefficient (Wildman–Crippen LogP) is 4.24. The molecule has 0 atom stereocenters. The molecule has 0 spiro atoms. The molecule has 4 bridgehead atoms. The number of carbonyl (C=O) groups excluding carboxylic acids is 1. The quantitative estimate of drug-likeness (QED) is 0.866. The minimum atomic E-state index is -0.416. The molecule has 4 aliphatic carbocycles. The normalized spacial score (nSPS) is 32.1. The van der Waals surface area contributed by atoms with Gasteiger partial charge in [0.05, 0.1) is 0 Å². The Morgan fingerprint density at radius 1 is 1.15 bits per heavy atom. The molecule has 0 saturated heterocycles. The lowest BCUT2D eigenvalue weighted by atomic mass is 9.48. The molecule has 4 nitrogen and oxygen atoms in total. The summed E-state index contributed by atoms with van der Waals surface area (Å²) in [7, 11) is 0. The maximum Gasteiger partial charge on any atom is 0.269 e. The van der Waals surface area contributed by atoms with Crippen molar-refractivity contribution in [2.24, 2.45) is 28.9 Å². The third kappa shape index (κ3) is 2.58. The number of rotatable bonds is 4. The van der Waals surface area contributed by atoms with Crippen LogP contribution in [0, 0.1) is 30.1 Å². The van der Waals surface area contributed by atoms with Gasteiger partial charge in [0.2, 0.25) is 0 Å². The number of aromatic amines is 1. The molecule has 4 saturated carbocycles. The largest absolute Gasteiger partial charge is 0.364 e. The van der Waals surface area contributed by atoms with E-state index in [1.54, 1.807) is 0 Å². The minimum absolute atomic E-state index is 0.356. The molecule has 136 valence electrons. The van der Waals surface area contributed by atoms with Gasteiger partial charge in [0.25, 0.3) is 5.91 Å². The Morgan fingerprint density at radius 3 is 2.35 bits per heavy atom. The van der Waals surface area contributed by atoms with Crippen molar-refractivity contribution >= 4 is 5.91 Å². The number of amides is 1. The first-order valence-electron chi connectivity index (χ1n) is 9.96. The van der Waals surface area contributed by atoms with Crippen LogP contribution >= 0.6 is 0 Å². The maximum absolute atomic E-state index is 12.1. The fourth-order valence-corrected chi connectivity index (χ4v) is 6.59. The number of nitrogens with zero attached hydrogens (tertiary/aromatic N) is 1. The van der Waals surface area contributed by atoms with Crippen LogP contribution in [0.2, 0.25) is 0 Å². The van der Waals surface area contributed by atoms with Gasteiger partial charge in [-0.15, -0.1) is 0 Å². The van der Waals surface area contributed by atoms with Gasteiger partial charge in [-0.2, -0.15) is 0 Å². The summed E-state index contributed by atoms with van der Waals surface area (Å²) in [5.74, 6) is 3.06. The summed E-state index contributed by atoms with van der Waals surface area (Å²) in [6.45, 7) is 2.07. The number of hydrogen-bond acceptors (Lipinski definition) is 2. The summed E-state index contributed by atoms with van der Waals surface area (Å²) in [6.07, 6.45) is 9.16.